The number of sulfonamides is 1. The van der Waals surface area contributed by atoms with Gasteiger partial charge in [0.15, 0.2) is 0 Å². The van der Waals surface area contributed by atoms with Gasteiger partial charge in [-0.1, -0.05) is 30.3 Å². The average molecular weight is 442 g/mol. The third-order valence-corrected chi connectivity index (χ3v) is 6.02. The first-order valence-corrected chi connectivity index (χ1v) is 11.0. The SMILES string of the molecule is O=C(NCC(NS(=O)(=O)c1ccccc1)C(=O)O)c1ccc(CCc2ncc[nH]2)cc1. The molecule has 0 spiro atoms. The van der Waals surface area contributed by atoms with E-state index in [0.29, 0.717) is 5.56 Å². The summed E-state index contributed by atoms with van der Waals surface area (Å²) < 4.78 is 26.8. The van der Waals surface area contributed by atoms with Gasteiger partial charge in [0.2, 0.25) is 10.0 Å². The number of carbonyl (C=O) groups excluding carboxylic acids is 1. The Morgan fingerprint density at radius 1 is 1.03 bits per heavy atom. The van der Waals surface area contributed by atoms with Crippen LogP contribution in [0.2, 0.25) is 0 Å². The standard InChI is InChI=1S/C21H22N4O5S/c26-20(16-9-6-15(7-10-16)8-11-19-22-12-13-23-19)24-14-18(21(27)28)25-31(29,30)17-4-2-1-3-5-17/h1-7,9-10,12-13,18,25H,8,11,14H2,(H,22,23)(H,24,26)(H,27,28). The van der Waals surface area contributed by atoms with Crippen molar-refractivity contribution in [3.63, 3.8) is 0 Å². The van der Waals surface area contributed by atoms with Gasteiger partial charge in [-0.05, 0) is 36.2 Å². The summed E-state index contributed by atoms with van der Waals surface area (Å²) in [6.07, 6.45) is 4.93. The fourth-order valence-corrected chi connectivity index (χ4v) is 4.06. The van der Waals surface area contributed by atoms with Gasteiger partial charge < -0.3 is 15.4 Å². The summed E-state index contributed by atoms with van der Waals surface area (Å²) in [4.78, 5) is 31.0. The van der Waals surface area contributed by atoms with E-state index >= 15 is 0 Å². The zero-order valence-electron chi connectivity index (χ0n) is 16.5. The first-order valence-electron chi connectivity index (χ1n) is 9.51. The van der Waals surface area contributed by atoms with Crippen molar-refractivity contribution in [1.29, 1.82) is 0 Å². The molecule has 0 aliphatic heterocycles. The molecule has 0 saturated carbocycles. The molecule has 0 bridgehead atoms. The van der Waals surface area contributed by atoms with Crippen molar-refractivity contribution in [2.24, 2.45) is 0 Å². The Labute approximate surface area is 179 Å². The van der Waals surface area contributed by atoms with E-state index in [1.165, 1.54) is 24.3 Å². The van der Waals surface area contributed by atoms with E-state index < -0.39 is 34.5 Å². The number of carboxylic acid groups (broad SMARTS) is 1. The smallest absolute Gasteiger partial charge is 0.323 e. The molecule has 0 saturated heterocycles. The number of imidazole rings is 1. The molecule has 1 unspecified atom stereocenters. The van der Waals surface area contributed by atoms with Crippen LogP contribution in [0.1, 0.15) is 21.7 Å². The van der Waals surface area contributed by atoms with Crippen molar-refractivity contribution in [1.82, 2.24) is 20.0 Å². The molecule has 31 heavy (non-hydrogen) atoms. The molecule has 162 valence electrons. The van der Waals surface area contributed by atoms with Crippen molar-refractivity contribution in [3.8, 4) is 0 Å². The second-order valence-electron chi connectivity index (χ2n) is 6.77. The predicted octanol–water partition coefficient (Wildman–Crippen LogP) is 1.36. The molecule has 0 aliphatic carbocycles. The van der Waals surface area contributed by atoms with Crippen LogP contribution in [0, 0.1) is 0 Å². The monoisotopic (exact) mass is 442 g/mol. The lowest BCUT2D eigenvalue weighted by atomic mass is 10.1. The minimum Gasteiger partial charge on any atom is -0.480 e. The molecule has 9 nitrogen and oxygen atoms in total. The summed E-state index contributed by atoms with van der Waals surface area (Å²) >= 11 is 0. The second kappa shape index (κ2) is 10.0. The van der Waals surface area contributed by atoms with Crippen molar-refractivity contribution in [2.75, 3.05) is 6.54 Å². The third kappa shape index (κ3) is 6.24. The van der Waals surface area contributed by atoms with Crippen LogP contribution >= 0.6 is 0 Å². The van der Waals surface area contributed by atoms with Crippen LogP contribution in [-0.4, -0.2) is 48.0 Å². The quantitative estimate of drug-likeness (QED) is 0.374. The van der Waals surface area contributed by atoms with Crippen molar-refractivity contribution < 1.29 is 23.1 Å². The Kier molecular flexibility index (Phi) is 7.16. The van der Waals surface area contributed by atoms with E-state index in [1.807, 2.05) is 12.1 Å². The van der Waals surface area contributed by atoms with E-state index in [9.17, 15) is 23.1 Å². The second-order valence-corrected chi connectivity index (χ2v) is 8.48. The van der Waals surface area contributed by atoms with Gasteiger partial charge in [-0.2, -0.15) is 4.72 Å². The number of rotatable bonds is 10. The highest BCUT2D eigenvalue weighted by molar-refractivity contribution is 7.89. The highest BCUT2D eigenvalue weighted by Crippen LogP contribution is 2.09. The lowest BCUT2D eigenvalue weighted by molar-refractivity contribution is -0.138. The van der Waals surface area contributed by atoms with Gasteiger partial charge in [0, 0.05) is 30.9 Å². The zero-order valence-corrected chi connectivity index (χ0v) is 17.3. The maximum atomic E-state index is 12.4. The highest BCUT2D eigenvalue weighted by Gasteiger charge is 2.25. The summed E-state index contributed by atoms with van der Waals surface area (Å²) in [5.41, 5.74) is 1.36. The number of aromatic nitrogens is 2. The molecule has 0 aliphatic rings. The number of amides is 1. The summed E-state index contributed by atoms with van der Waals surface area (Å²) in [6, 6.07) is 12.8. The number of aliphatic carboxylic acids is 1. The largest absolute Gasteiger partial charge is 0.480 e. The number of hydrogen-bond acceptors (Lipinski definition) is 5. The lowest BCUT2D eigenvalue weighted by Gasteiger charge is -2.15. The lowest BCUT2D eigenvalue weighted by Crippen LogP contribution is -2.48. The number of H-pyrrole nitrogens is 1. The van der Waals surface area contributed by atoms with Crippen LogP contribution < -0.4 is 10.0 Å². The minimum absolute atomic E-state index is 0.0577. The van der Waals surface area contributed by atoms with Gasteiger partial charge in [0.25, 0.3) is 5.91 Å². The Morgan fingerprint density at radius 2 is 1.74 bits per heavy atom. The van der Waals surface area contributed by atoms with Crippen molar-refractivity contribution in [3.05, 3.63) is 83.9 Å². The molecule has 1 aromatic heterocycles. The number of benzene rings is 2. The predicted molar refractivity (Wildman–Crippen MR) is 113 cm³/mol. The molecular weight excluding hydrogens is 420 g/mol. The van der Waals surface area contributed by atoms with Crippen LogP contribution in [0.15, 0.2) is 71.9 Å². The number of carboxylic acids is 1. The molecule has 3 rings (SSSR count). The minimum atomic E-state index is -4.04. The van der Waals surface area contributed by atoms with E-state index in [2.05, 4.69) is 20.0 Å². The normalized spacial score (nSPS) is 12.3. The van der Waals surface area contributed by atoms with Crippen LogP contribution in [0.5, 0.6) is 0 Å². The first kappa shape index (κ1) is 22.2. The number of aryl methyl sites for hydroxylation is 2. The van der Waals surface area contributed by atoms with Gasteiger partial charge in [-0.15, -0.1) is 0 Å². The Morgan fingerprint density at radius 3 is 2.35 bits per heavy atom. The fourth-order valence-electron chi connectivity index (χ4n) is 2.85. The van der Waals surface area contributed by atoms with Crippen LogP contribution in [-0.2, 0) is 27.7 Å². The number of carbonyl (C=O) groups is 2. The maximum absolute atomic E-state index is 12.4. The third-order valence-electron chi connectivity index (χ3n) is 4.54. The van der Waals surface area contributed by atoms with E-state index in [0.717, 1.165) is 24.2 Å². The number of hydrogen-bond donors (Lipinski definition) is 4. The molecule has 1 atom stereocenters. The first-order chi connectivity index (χ1) is 14.8. The average Bonchev–Trinajstić information content (AvgIpc) is 3.29. The maximum Gasteiger partial charge on any atom is 0.323 e. The van der Waals surface area contributed by atoms with E-state index in [4.69, 9.17) is 0 Å². The summed E-state index contributed by atoms with van der Waals surface area (Å²) in [7, 11) is -4.04. The van der Waals surface area contributed by atoms with Crippen LogP contribution in [0.3, 0.4) is 0 Å². The molecule has 0 fully saturated rings. The molecule has 2 aromatic carbocycles. The van der Waals surface area contributed by atoms with Crippen molar-refractivity contribution >= 4 is 21.9 Å². The Bertz CT molecular complexity index is 1110. The molecule has 0 radical (unpaired) electrons. The topological polar surface area (TPSA) is 141 Å². The fraction of sp³-hybridized carbons (Fsp3) is 0.190. The highest BCUT2D eigenvalue weighted by atomic mass is 32.2. The van der Waals surface area contributed by atoms with Gasteiger partial charge in [0.05, 0.1) is 4.90 Å². The molecule has 1 heterocycles. The van der Waals surface area contributed by atoms with Gasteiger partial charge >= 0.3 is 5.97 Å². The molecule has 10 heteroatoms. The molecule has 4 N–H and O–H groups in total. The Hall–Kier alpha value is -3.50. The molecular formula is C21H22N4O5S. The van der Waals surface area contributed by atoms with Gasteiger partial charge in [-0.25, -0.2) is 13.4 Å². The summed E-state index contributed by atoms with van der Waals surface area (Å²) in [5.74, 6) is -1.02. The van der Waals surface area contributed by atoms with Crippen LogP contribution in [0.25, 0.3) is 0 Å². The van der Waals surface area contributed by atoms with Gasteiger partial charge in [-0.3, -0.25) is 9.59 Å². The number of nitrogens with zero attached hydrogens (tertiary/aromatic N) is 1. The van der Waals surface area contributed by atoms with E-state index in [1.54, 1.807) is 30.6 Å². The van der Waals surface area contributed by atoms with Gasteiger partial charge in [0.1, 0.15) is 11.9 Å². The van der Waals surface area contributed by atoms with Crippen molar-refractivity contribution in [2.45, 2.75) is 23.8 Å². The molecule has 3 aromatic rings. The van der Waals surface area contributed by atoms with E-state index in [-0.39, 0.29) is 4.90 Å². The van der Waals surface area contributed by atoms with Crippen LogP contribution in [0.4, 0.5) is 0 Å². The number of nitrogens with one attached hydrogen (secondary N) is 3. The Balaban J connectivity index is 1.56. The number of aromatic amines is 1. The zero-order chi connectivity index (χ0) is 22.3. The summed E-state index contributed by atoms with van der Waals surface area (Å²) in [6.45, 7) is -0.402. The summed E-state index contributed by atoms with van der Waals surface area (Å²) in [5, 5.41) is 11.8. The molecule has 1 amide bonds.